The molecular formula is C19H19ClF3N3O. The largest absolute Gasteiger partial charge is 0.433 e. The van der Waals surface area contributed by atoms with E-state index >= 15 is 0 Å². The number of fused-ring (bicyclic) bond motifs is 1. The molecule has 1 amide bonds. The van der Waals surface area contributed by atoms with Crippen LogP contribution in [0.15, 0.2) is 42.6 Å². The summed E-state index contributed by atoms with van der Waals surface area (Å²) in [6.07, 6.45) is -2.26. The summed E-state index contributed by atoms with van der Waals surface area (Å²) in [6.45, 7) is 2.52. The second-order valence-electron chi connectivity index (χ2n) is 6.78. The first-order valence-corrected chi connectivity index (χ1v) is 8.59. The molecule has 4 nitrogen and oxygen atoms in total. The summed E-state index contributed by atoms with van der Waals surface area (Å²) >= 11 is 0. The van der Waals surface area contributed by atoms with Crippen molar-refractivity contribution in [1.29, 1.82) is 0 Å². The number of benzene rings is 1. The molecule has 27 heavy (non-hydrogen) atoms. The molecular weight excluding hydrogens is 379 g/mol. The molecule has 2 atom stereocenters. The molecule has 0 bridgehead atoms. The highest BCUT2D eigenvalue weighted by atomic mass is 35.5. The molecule has 2 saturated heterocycles. The number of carbonyl (C=O) groups is 1. The lowest BCUT2D eigenvalue weighted by Gasteiger charge is -2.23. The lowest BCUT2D eigenvalue weighted by molar-refractivity contribution is -0.141. The van der Waals surface area contributed by atoms with Gasteiger partial charge in [-0.15, -0.1) is 12.4 Å². The average Bonchev–Trinajstić information content (AvgIpc) is 3.24. The van der Waals surface area contributed by atoms with Crippen molar-refractivity contribution in [2.24, 2.45) is 5.92 Å². The molecule has 1 N–H and O–H groups in total. The van der Waals surface area contributed by atoms with Gasteiger partial charge in [0.2, 0.25) is 0 Å². The van der Waals surface area contributed by atoms with Crippen LogP contribution in [0.4, 0.5) is 13.2 Å². The van der Waals surface area contributed by atoms with E-state index in [0.29, 0.717) is 22.6 Å². The monoisotopic (exact) mass is 397 g/mol. The Hall–Kier alpha value is -2.12. The van der Waals surface area contributed by atoms with Gasteiger partial charge in [-0.3, -0.25) is 9.78 Å². The van der Waals surface area contributed by atoms with E-state index in [9.17, 15) is 18.0 Å². The zero-order valence-electron chi connectivity index (χ0n) is 14.4. The number of hydrogen-bond donors (Lipinski definition) is 1. The van der Waals surface area contributed by atoms with Gasteiger partial charge in [-0.1, -0.05) is 18.2 Å². The van der Waals surface area contributed by atoms with E-state index in [1.54, 1.807) is 24.3 Å². The number of hydrogen-bond acceptors (Lipinski definition) is 3. The number of rotatable bonds is 2. The highest BCUT2D eigenvalue weighted by Gasteiger charge is 2.40. The molecule has 2 aromatic rings. The Bertz CT molecular complexity index is 826. The Kier molecular flexibility index (Phi) is 5.44. The number of nitrogens with zero attached hydrogens (tertiary/aromatic N) is 2. The number of nitrogens with one attached hydrogen (secondary N) is 1. The van der Waals surface area contributed by atoms with Crippen LogP contribution in [0.2, 0.25) is 0 Å². The number of halogens is 4. The number of likely N-dealkylation sites (tertiary alicyclic amines) is 1. The molecule has 0 radical (unpaired) electrons. The first-order valence-electron chi connectivity index (χ1n) is 8.59. The SMILES string of the molecule is Cl.O=C(c1cccc(-c2ccc(C(F)(F)F)nc2)c1)N1CC[C@H]2CNC[C@H]21. The van der Waals surface area contributed by atoms with Crippen molar-refractivity contribution >= 4 is 18.3 Å². The molecule has 144 valence electrons. The van der Waals surface area contributed by atoms with Crippen molar-refractivity contribution in [3.63, 3.8) is 0 Å². The summed E-state index contributed by atoms with van der Waals surface area (Å²) < 4.78 is 38.0. The molecule has 0 saturated carbocycles. The van der Waals surface area contributed by atoms with Crippen molar-refractivity contribution in [2.75, 3.05) is 19.6 Å². The van der Waals surface area contributed by atoms with Crippen molar-refractivity contribution < 1.29 is 18.0 Å². The van der Waals surface area contributed by atoms with Gasteiger partial charge in [-0.05, 0) is 36.1 Å². The second-order valence-corrected chi connectivity index (χ2v) is 6.78. The number of aromatic nitrogens is 1. The van der Waals surface area contributed by atoms with Crippen molar-refractivity contribution in [2.45, 2.75) is 18.6 Å². The van der Waals surface area contributed by atoms with Gasteiger partial charge in [0.15, 0.2) is 0 Å². The fourth-order valence-electron chi connectivity index (χ4n) is 3.83. The molecule has 2 fully saturated rings. The third-order valence-electron chi connectivity index (χ3n) is 5.20. The van der Waals surface area contributed by atoms with Crippen LogP contribution >= 0.6 is 12.4 Å². The highest BCUT2D eigenvalue weighted by molar-refractivity contribution is 5.96. The average molecular weight is 398 g/mol. The van der Waals surface area contributed by atoms with Crippen molar-refractivity contribution in [1.82, 2.24) is 15.2 Å². The molecule has 2 aliphatic rings. The Labute approximate surface area is 161 Å². The lowest BCUT2D eigenvalue weighted by Crippen LogP contribution is -2.39. The van der Waals surface area contributed by atoms with E-state index in [2.05, 4.69) is 10.3 Å². The molecule has 0 unspecified atom stereocenters. The zero-order valence-corrected chi connectivity index (χ0v) is 15.2. The lowest BCUT2D eigenvalue weighted by atomic mass is 10.0. The fourth-order valence-corrected chi connectivity index (χ4v) is 3.83. The van der Waals surface area contributed by atoms with E-state index in [4.69, 9.17) is 0 Å². The summed E-state index contributed by atoms with van der Waals surface area (Å²) in [5.74, 6) is 0.490. The van der Waals surface area contributed by atoms with Crippen molar-refractivity contribution in [3.8, 4) is 11.1 Å². The number of carbonyl (C=O) groups excluding carboxylic acids is 1. The van der Waals surface area contributed by atoms with Crippen molar-refractivity contribution in [3.05, 3.63) is 53.9 Å². The first-order chi connectivity index (χ1) is 12.4. The van der Waals surface area contributed by atoms with Crippen LogP contribution in [-0.4, -0.2) is 41.5 Å². The molecule has 8 heteroatoms. The quantitative estimate of drug-likeness (QED) is 0.841. The van der Waals surface area contributed by atoms with E-state index in [-0.39, 0.29) is 24.4 Å². The number of pyridine rings is 1. The Morgan fingerprint density at radius 2 is 1.96 bits per heavy atom. The van der Waals surface area contributed by atoms with Crippen LogP contribution in [0.1, 0.15) is 22.5 Å². The van der Waals surface area contributed by atoms with Gasteiger partial charge in [0.25, 0.3) is 5.91 Å². The third-order valence-corrected chi connectivity index (χ3v) is 5.20. The minimum atomic E-state index is -4.46. The molecule has 0 aliphatic carbocycles. The smallest absolute Gasteiger partial charge is 0.334 e. The normalized spacial score (nSPS) is 21.7. The Morgan fingerprint density at radius 3 is 2.67 bits per heavy atom. The zero-order chi connectivity index (χ0) is 18.3. The van der Waals surface area contributed by atoms with E-state index < -0.39 is 11.9 Å². The number of amides is 1. The topological polar surface area (TPSA) is 45.2 Å². The van der Waals surface area contributed by atoms with Crippen LogP contribution in [0.25, 0.3) is 11.1 Å². The van der Waals surface area contributed by atoms with E-state index in [1.807, 2.05) is 4.90 Å². The van der Waals surface area contributed by atoms with Crippen LogP contribution in [0, 0.1) is 5.92 Å². The van der Waals surface area contributed by atoms with Gasteiger partial charge in [0.1, 0.15) is 5.69 Å². The van der Waals surface area contributed by atoms with E-state index in [0.717, 1.165) is 32.1 Å². The first kappa shape index (κ1) is 19.6. The van der Waals surface area contributed by atoms with Gasteiger partial charge < -0.3 is 10.2 Å². The third kappa shape index (κ3) is 3.80. The molecule has 1 aromatic heterocycles. The Balaban J connectivity index is 0.00000210. The summed E-state index contributed by atoms with van der Waals surface area (Å²) in [5.41, 5.74) is 0.854. The van der Waals surface area contributed by atoms with Crippen LogP contribution in [0.5, 0.6) is 0 Å². The van der Waals surface area contributed by atoms with Crippen LogP contribution < -0.4 is 5.32 Å². The molecule has 4 rings (SSSR count). The second kappa shape index (κ2) is 7.48. The summed E-state index contributed by atoms with van der Waals surface area (Å²) in [6, 6.07) is 9.57. The number of alkyl halides is 3. The van der Waals surface area contributed by atoms with Gasteiger partial charge >= 0.3 is 6.18 Å². The fraction of sp³-hybridized carbons (Fsp3) is 0.368. The molecule has 0 spiro atoms. The van der Waals surface area contributed by atoms with Gasteiger partial charge in [-0.25, -0.2) is 0 Å². The van der Waals surface area contributed by atoms with Gasteiger partial charge in [-0.2, -0.15) is 13.2 Å². The van der Waals surface area contributed by atoms with E-state index in [1.165, 1.54) is 12.3 Å². The minimum Gasteiger partial charge on any atom is -0.334 e. The van der Waals surface area contributed by atoms with Crippen LogP contribution in [-0.2, 0) is 6.18 Å². The molecule has 1 aromatic carbocycles. The maximum Gasteiger partial charge on any atom is 0.433 e. The predicted octanol–water partition coefficient (Wildman–Crippen LogP) is 3.62. The minimum absolute atomic E-state index is 0. The van der Waals surface area contributed by atoms with Crippen LogP contribution in [0.3, 0.4) is 0 Å². The van der Waals surface area contributed by atoms with Gasteiger partial charge in [0.05, 0.1) is 0 Å². The standard InChI is InChI=1S/C19H18F3N3O.ClH/c20-19(21,22)17-5-4-14(10-24-17)12-2-1-3-13(8-12)18(26)25-7-6-15-9-23-11-16(15)25;/h1-5,8,10,15-16,23H,6-7,9,11H2;1H/t15-,16+;/m0./s1. The Morgan fingerprint density at radius 1 is 1.15 bits per heavy atom. The predicted molar refractivity (Wildman–Crippen MR) is 97.7 cm³/mol. The summed E-state index contributed by atoms with van der Waals surface area (Å²) in [5, 5.41) is 3.32. The summed E-state index contributed by atoms with van der Waals surface area (Å²) in [4.78, 5) is 18.3. The maximum atomic E-state index is 12.9. The molecule has 2 aliphatic heterocycles. The maximum absolute atomic E-state index is 12.9. The van der Waals surface area contributed by atoms with Gasteiger partial charge in [0, 0.05) is 43.0 Å². The highest BCUT2D eigenvalue weighted by Crippen LogP contribution is 2.31. The molecule has 3 heterocycles. The summed E-state index contributed by atoms with van der Waals surface area (Å²) in [7, 11) is 0.